The Bertz CT molecular complexity index is 234. The molecule has 0 aliphatic carbocycles. The Morgan fingerprint density at radius 2 is 1.40 bits per heavy atom. The van der Waals surface area contributed by atoms with Crippen LogP contribution in [-0.2, 0) is 9.53 Å². The lowest BCUT2D eigenvalue weighted by Crippen LogP contribution is -2.04. The molecule has 2 heteroatoms. The third-order valence-electron chi connectivity index (χ3n) is 3.44. The van der Waals surface area contributed by atoms with E-state index in [2.05, 4.69) is 19.9 Å². The van der Waals surface area contributed by atoms with Crippen LogP contribution in [-0.4, -0.2) is 12.6 Å². The molecule has 0 spiro atoms. The fourth-order valence-corrected chi connectivity index (χ4v) is 2.10. The molecule has 0 aromatic rings. The fraction of sp³-hybridized carbons (Fsp3) is 0.833. The first-order valence-electron chi connectivity index (χ1n) is 8.61. The maximum absolute atomic E-state index is 11.4. The molecule has 0 aromatic heterocycles. The SMILES string of the molecule is CCCC/C=C/CC(=O)OCCCCCCCCCC. The van der Waals surface area contributed by atoms with Gasteiger partial charge >= 0.3 is 5.97 Å². The summed E-state index contributed by atoms with van der Waals surface area (Å²) in [5, 5.41) is 0. The predicted molar refractivity (Wildman–Crippen MR) is 86.9 cm³/mol. The Kier molecular flexibility index (Phi) is 15.6. The molecule has 20 heavy (non-hydrogen) atoms. The van der Waals surface area contributed by atoms with Crippen LogP contribution < -0.4 is 0 Å². The van der Waals surface area contributed by atoms with Gasteiger partial charge in [0.25, 0.3) is 0 Å². The van der Waals surface area contributed by atoms with Crippen molar-refractivity contribution in [3.8, 4) is 0 Å². The van der Waals surface area contributed by atoms with Crippen LogP contribution in [0.4, 0.5) is 0 Å². The summed E-state index contributed by atoms with van der Waals surface area (Å²) in [6, 6.07) is 0. The molecule has 0 saturated heterocycles. The quantitative estimate of drug-likeness (QED) is 0.228. The fourth-order valence-electron chi connectivity index (χ4n) is 2.10. The van der Waals surface area contributed by atoms with E-state index in [0.717, 1.165) is 12.8 Å². The molecule has 0 atom stereocenters. The predicted octanol–water partition coefficient (Wildman–Crippen LogP) is 5.81. The van der Waals surface area contributed by atoms with Crippen molar-refractivity contribution in [1.82, 2.24) is 0 Å². The Morgan fingerprint density at radius 1 is 0.800 bits per heavy atom. The Labute approximate surface area is 126 Å². The van der Waals surface area contributed by atoms with E-state index in [4.69, 9.17) is 4.74 Å². The van der Waals surface area contributed by atoms with E-state index in [9.17, 15) is 4.79 Å². The summed E-state index contributed by atoms with van der Waals surface area (Å²) < 4.78 is 5.20. The van der Waals surface area contributed by atoms with Gasteiger partial charge < -0.3 is 4.74 Å². The highest BCUT2D eigenvalue weighted by atomic mass is 16.5. The highest BCUT2D eigenvalue weighted by Crippen LogP contribution is 2.08. The number of unbranched alkanes of at least 4 members (excludes halogenated alkanes) is 9. The van der Waals surface area contributed by atoms with Gasteiger partial charge in [0.1, 0.15) is 0 Å². The largest absolute Gasteiger partial charge is 0.465 e. The molecule has 2 nitrogen and oxygen atoms in total. The molecule has 118 valence electrons. The zero-order valence-electron chi connectivity index (χ0n) is 13.7. The molecular weight excluding hydrogens is 248 g/mol. The smallest absolute Gasteiger partial charge is 0.309 e. The summed E-state index contributed by atoms with van der Waals surface area (Å²) >= 11 is 0. The standard InChI is InChI=1S/C18H34O2/c1-3-5-7-9-10-11-13-15-17-20-18(19)16-14-12-8-6-4-2/h12,14H,3-11,13,15-17H2,1-2H3/b14-12+. The Balaban J connectivity index is 3.21. The minimum absolute atomic E-state index is 0.0827. The third-order valence-corrected chi connectivity index (χ3v) is 3.44. The van der Waals surface area contributed by atoms with Gasteiger partial charge in [0.05, 0.1) is 13.0 Å². The molecular formula is C18H34O2. The van der Waals surface area contributed by atoms with Gasteiger partial charge in [0, 0.05) is 0 Å². The van der Waals surface area contributed by atoms with Crippen molar-refractivity contribution in [1.29, 1.82) is 0 Å². The number of allylic oxidation sites excluding steroid dienone is 1. The molecule has 0 amide bonds. The van der Waals surface area contributed by atoms with Crippen molar-refractivity contribution in [2.24, 2.45) is 0 Å². The number of ether oxygens (including phenoxy) is 1. The molecule has 0 bridgehead atoms. The second kappa shape index (κ2) is 16.3. The molecule has 0 rings (SSSR count). The zero-order chi connectivity index (χ0) is 14.9. The summed E-state index contributed by atoms with van der Waals surface area (Å²) in [7, 11) is 0. The second-order valence-corrected chi connectivity index (χ2v) is 5.51. The van der Waals surface area contributed by atoms with Gasteiger partial charge in [-0.05, 0) is 12.8 Å². The molecule has 0 fully saturated rings. The van der Waals surface area contributed by atoms with Crippen LogP contribution in [0.15, 0.2) is 12.2 Å². The van der Waals surface area contributed by atoms with E-state index >= 15 is 0 Å². The summed E-state index contributed by atoms with van der Waals surface area (Å²) in [6.45, 7) is 5.01. The van der Waals surface area contributed by atoms with Crippen molar-refractivity contribution >= 4 is 5.97 Å². The average molecular weight is 282 g/mol. The van der Waals surface area contributed by atoms with Gasteiger partial charge in [-0.25, -0.2) is 0 Å². The highest BCUT2D eigenvalue weighted by Gasteiger charge is 1.99. The lowest BCUT2D eigenvalue weighted by Gasteiger charge is -2.03. The Hall–Kier alpha value is -0.790. The highest BCUT2D eigenvalue weighted by molar-refractivity contribution is 5.71. The summed E-state index contributed by atoms with van der Waals surface area (Å²) in [5.41, 5.74) is 0. The van der Waals surface area contributed by atoms with Crippen LogP contribution in [0.2, 0.25) is 0 Å². The lowest BCUT2D eigenvalue weighted by atomic mass is 10.1. The van der Waals surface area contributed by atoms with Gasteiger partial charge in [-0.1, -0.05) is 83.8 Å². The zero-order valence-corrected chi connectivity index (χ0v) is 13.7. The number of esters is 1. The number of rotatable bonds is 14. The molecule has 0 unspecified atom stereocenters. The van der Waals surface area contributed by atoms with E-state index in [1.807, 2.05) is 6.08 Å². The van der Waals surface area contributed by atoms with Crippen LogP contribution >= 0.6 is 0 Å². The average Bonchev–Trinajstić information content (AvgIpc) is 2.45. The molecule has 0 aliphatic heterocycles. The molecule has 0 heterocycles. The van der Waals surface area contributed by atoms with Crippen LogP contribution in [0.1, 0.15) is 90.9 Å². The van der Waals surface area contributed by atoms with E-state index in [0.29, 0.717) is 13.0 Å². The van der Waals surface area contributed by atoms with Gasteiger partial charge in [-0.15, -0.1) is 0 Å². The van der Waals surface area contributed by atoms with Crippen molar-refractivity contribution in [3.05, 3.63) is 12.2 Å². The maximum atomic E-state index is 11.4. The van der Waals surface area contributed by atoms with Crippen molar-refractivity contribution in [3.63, 3.8) is 0 Å². The first-order valence-corrected chi connectivity index (χ1v) is 8.61. The summed E-state index contributed by atoms with van der Waals surface area (Å²) in [6.07, 6.45) is 18.1. The minimum atomic E-state index is -0.0827. The van der Waals surface area contributed by atoms with E-state index < -0.39 is 0 Å². The van der Waals surface area contributed by atoms with Crippen molar-refractivity contribution < 1.29 is 9.53 Å². The van der Waals surface area contributed by atoms with E-state index in [-0.39, 0.29) is 5.97 Å². The van der Waals surface area contributed by atoms with Crippen LogP contribution in [0.5, 0.6) is 0 Å². The monoisotopic (exact) mass is 282 g/mol. The topological polar surface area (TPSA) is 26.3 Å². The first-order chi connectivity index (χ1) is 9.81. The first kappa shape index (κ1) is 19.2. The van der Waals surface area contributed by atoms with E-state index in [1.165, 1.54) is 57.8 Å². The number of hydrogen-bond donors (Lipinski definition) is 0. The van der Waals surface area contributed by atoms with E-state index in [1.54, 1.807) is 0 Å². The molecule has 0 saturated carbocycles. The second-order valence-electron chi connectivity index (χ2n) is 5.51. The normalized spacial score (nSPS) is 11.1. The Morgan fingerprint density at radius 3 is 2.05 bits per heavy atom. The summed E-state index contributed by atoms with van der Waals surface area (Å²) in [4.78, 5) is 11.4. The number of carbonyl (C=O) groups is 1. The minimum Gasteiger partial charge on any atom is -0.465 e. The van der Waals surface area contributed by atoms with Gasteiger partial charge in [-0.2, -0.15) is 0 Å². The lowest BCUT2D eigenvalue weighted by molar-refractivity contribution is -0.142. The third kappa shape index (κ3) is 15.3. The molecule has 0 N–H and O–H groups in total. The molecule has 0 aliphatic rings. The van der Waals surface area contributed by atoms with Gasteiger partial charge in [-0.3, -0.25) is 4.79 Å². The van der Waals surface area contributed by atoms with Crippen LogP contribution in [0, 0.1) is 0 Å². The number of carbonyl (C=O) groups excluding carboxylic acids is 1. The van der Waals surface area contributed by atoms with Crippen molar-refractivity contribution in [2.75, 3.05) is 6.61 Å². The maximum Gasteiger partial charge on any atom is 0.309 e. The van der Waals surface area contributed by atoms with Crippen molar-refractivity contribution in [2.45, 2.75) is 90.9 Å². The summed E-state index contributed by atoms with van der Waals surface area (Å²) in [5.74, 6) is -0.0827. The van der Waals surface area contributed by atoms with Gasteiger partial charge in [0.2, 0.25) is 0 Å². The number of hydrogen-bond acceptors (Lipinski definition) is 2. The van der Waals surface area contributed by atoms with Crippen LogP contribution in [0.3, 0.4) is 0 Å². The molecule has 0 radical (unpaired) electrons. The van der Waals surface area contributed by atoms with Gasteiger partial charge in [0.15, 0.2) is 0 Å². The van der Waals surface area contributed by atoms with Crippen LogP contribution in [0.25, 0.3) is 0 Å². The molecule has 0 aromatic carbocycles.